The van der Waals surface area contributed by atoms with Gasteiger partial charge in [0, 0.05) is 11.8 Å². The van der Waals surface area contributed by atoms with Gasteiger partial charge in [0.25, 0.3) is 0 Å². The Bertz CT molecular complexity index is 1200. The smallest absolute Gasteiger partial charge is 0.421 e. The van der Waals surface area contributed by atoms with Crippen molar-refractivity contribution in [3.05, 3.63) is 69.0 Å². The molecule has 1 aliphatic rings. The van der Waals surface area contributed by atoms with Gasteiger partial charge in [-0.05, 0) is 41.7 Å². The molecule has 0 saturated heterocycles. The summed E-state index contributed by atoms with van der Waals surface area (Å²) in [7, 11) is 1.22. The summed E-state index contributed by atoms with van der Waals surface area (Å²) in [5.74, 6) is -0.888. The van der Waals surface area contributed by atoms with Gasteiger partial charge in [0.15, 0.2) is 6.29 Å². The van der Waals surface area contributed by atoms with E-state index in [1.54, 1.807) is 18.2 Å². The van der Waals surface area contributed by atoms with E-state index >= 15 is 0 Å². The summed E-state index contributed by atoms with van der Waals surface area (Å²) < 4.78 is 51.6. The summed E-state index contributed by atoms with van der Waals surface area (Å²) in [6.45, 7) is 0. The predicted molar refractivity (Wildman–Crippen MR) is 113 cm³/mol. The molecule has 2 aromatic heterocycles. The Morgan fingerprint density at radius 2 is 1.94 bits per heavy atom. The fourth-order valence-corrected chi connectivity index (χ4v) is 4.16. The van der Waals surface area contributed by atoms with Crippen molar-refractivity contribution in [1.82, 2.24) is 9.97 Å². The lowest BCUT2D eigenvalue weighted by molar-refractivity contribution is -0.139. The normalized spacial score (nSPS) is 15.4. The molecule has 10 heteroatoms. The van der Waals surface area contributed by atoms with Gasteiger partial charge in [0.2, 0.25) is 11.8 Å². The maximum Gasteiger partial charge on any atom is 0.421 e. The molecule has 4 rings (SSSR count). The molecule has 1 aromatic carbocycles. The topological polar surface area (TPSA) is 61.3 Å². The number of hydrogen-bond donors (Lipinski definition) is 0. The van der Waals surface area contributed by atoms with Gasteiger partial charge in [0.05, 0.1) is 17.7 Å². The monoisotopic (exact) mass is 482 g/mol. The third kappa shape index (κ3) is 4.00. The predicted octanol–water partition coefficient (Wildman–Crippen LogP) is 6.36. The highest BCUT2D eigenvalue weighted by Gasteiger charge is 2.38. The lowest BCUT2D eigenvalue weighted by Crippen LogP contribution is -2.14. The van der Waals surface area contributed by atoms with Gasteiger partial charge in [-0.1, -0.05) is 41.4 Å². The lowest BCUT2D eigenvalue weighted by atomic mass is 9.97. The molecular formula is C22H15Cl2F3N2O3. The first-order valence-electron chi connectivity index (χ1n) is 9.44. The van der Waals surface area contributed by atoms with Gasteiger partial charge >= 0.3 is 6.18 Å². The zero-order valence-electron chi connectivity index (χ0n) is 16.5. The molecule has 1 unspecified atom stereocenters. The Hall–Kier alpha value is -2.84. The number of nitrogens with zero attached hydrogens (tertiary/aromatic N) is 2. The molecule has 1 aliphatic carbocycles. The minimum absolute atomic E-state index is 0.161. The molecule has 2 heterocycles. The van der Waals surface area contributed by atoms with Gasteiger partial charge in [-0.25, -0.2) is 4.98 Å². The van der Waals surface area contributed by atoms with Crippen molar-refractivity contribution in [2.45, 2.75) is 25.1 Å². The van der Waals surface area contributed by atoms with Crippen LogP contribution in [0.15, 0.2) is 36.5 Å². The van der Waals surface area contributed by atoms with Crippen LogP contribution >= 0.6 is 23.2 Å². The molecule has 0 amide bonds. The third-order valence-electron chi connectivity index (χ3n) is 5.21. The van der Waals surface area contributed by atoms with Crippen molar-refractivity contribution < 1.29 is 27.4 Å². The van der Waals surface area contributed by atoms with Crippen LogP contribution in [0.4, 0.5) is 13.2 Å². The Balaban J connectivity index is 1.76. The first-order chi connectivity index (χ1) is 15.2. The molecule has 0 aliphatic heterocycles. The van der Waals surface area contributed by atoms with Crippen LogP contribution in [-0.4, -0.2) is 23.4 Å². The second kappa shape index (κ2) is 8.60. The molecule has 0 N–H and O–H groups in total. The molecule has 0 spiro atoms. The Morgan fingerprint density at radius 3 is 2.62 bits per heavy atom. The number of rotatable bonds is 5. The number of carbonyl (C=O) groups is 1. The first-order valence-corrected chi connectivity index (χ1v) is 10.2. The Morgan fingerprint density at radius 1 is 1.16 bits per heavy atom. The van der Waals surface area contributed by atoms with E-state index in [0.29, 0.717) is 29.5 Å². The number of benzene rings is 1. The zero-order valence-corrected chi connectivity index (χ0v) is 18.1. The van der Waals surface area contributed by atoms with Crippen LogP contribution in [0, 0.1) is 0 Å². The number of hydrogen-bond acceptors (Lipinski definition) is 5. The fourth-order valence-electron chi connectivity index (χ4n) is 3.79. The molecule has 0 fully saturated rings. The average Bonchev–Trinajstić information content (AvgIpc) is 3.17. The van der Waals surface area contributed by atoms with E-state index < -0.39 is 23.7 Å². The fraction of sp³-hybridized carbons (Fsp3) is 0.227. The SMILES string of the molecule is COc1nc(OC2CCc3c(-c4ccnc(Cl)c4Cl)cccc32)c(C(F)(F)F)cc1C=O. The van der Waals surface area contributed by atoms with E-state index in [0.717, 1.165) is 16.7 Å². The number of carbonyl (C=O) groups excluding carboxylic acids is 1. The number of fused-ring (bicyclic) bond motifs is 1. The molecule has 0 radical (unpaired) electrons. The van der Waals surface area contributed by atoms with E-state index in [9.17, 15) is 18.0 Å². The molecule has 3 aromatic rings. The van der Waals surface area contributed by atoms with E-state index in [1.165, 1.54) is 13.3 Å². The highest BCUT2D eigenvalue weighted by Crippen LogP contribution is 2.45. The summed E-state index contributed by atoms with van der Waals surface area (Å²) in [5.41, 5.74) is 1.64. The molecule has 0 saturated carbocycles. The van der Waals surface area contributed by atoms with Gasteiger partial charge in [-0.15, -0.1) is 0 Å². The largest absolute Gasteiger partial charge is 0.480 e. The van der Waals surface area contributed by atoms with E-state index in [-0.39, 0.29) is 22.9 Å². The van der Waals surface area contributed by atoms with Crippen molar-refractivity contribution in [1.29, 1.82) is 0 Å². The van der Waals surface area contributed by atoms with Gasteiger partial charge < -0.3 is 9.47 Å². The van der Waals surface area contributed by atoms with Crippen LogP contribution in [0.25, 0.3) is 11.1 Å². The van der Waals surface area contributed by atoms with Crippen LogP contribution in [-0.2, 0) is 12.6 Å². The average molecular weight is 483 g/mol. The Labute approximate surface area is 191 Å². The number of alkyl halides is 3. The zero-order chi connectivity index (χ0) is 23.0. The lowest BCUT2D eigenvalue weighted by Gasteiger charge is -2.19. The highest BCUT2D eigenvalue weighted by atomic mass is 35.5. The van der Waals surface area contributed by atoms with Crippen molar-refractivity contribution in [2.75, 3.05) is 7.11 Å². The van der Waals surface area contributed by atoms with Crippen molar-refractivity contribution in [3.8, 4) is 22.9 Å². The summed E-state index contributed by atoms with van der Waals surface area (Å²) >= 11 is 12.4. The van der Waals surface area contributed by atoms with Crippen LogP contribution in [0.1, 0.15) is 39.6 Å². The second-order valence-electron chi connectivity index (χ2n) is 7.04. The van der Waals surface area contributed by atoms with E-state index in [2.05, 4.69) is 9.97 Å². The molecule has 32 heavy (non-hydrogen) atoms. The maximum atomic E-state index is 13.6. The molecular weight excluding hydrogens is 468 g/mol. The van der Waals surface area contributed by atoms with Crippen LogP contribution in [0.3, 0.4) is 0 Å². The highest BCUT2D eigenvalue weighted by molar-refractivity contribution is 6.43. The number of ether oxygens (including phenoxy) is 2. The standard InChI is InChI=1S/C22H15Cl2F3N2O3/c1-31-20-11(10-30)9-16(22(25,26)27)21(29-20)32-17-6-5-13-12(3-2-4-14(13)17)15-7-8-28-19(24)18(15)23/h2-4,7-10,17H,5-6H2,1H3. The molecule has 1 atom stereocenters. The number of pyridine rings is 2. The summed E-state index contributed by atoms with van der Waals surface area (Å²) in [6.07, 6.45) is -2.67. The van der Waals surface area contributed by atoms with E-state index in [1.807, 2.05) is 6.07 Å². The summed E-state index contributed by atoms with van der Waals surface area (Å²) in [6, 6.07) is 7.83. The third-order valence-corrected chi connectivity index (χ3v) is 5.98. The van der Waals surface area contributed by atoms with Crippen LogP contribution in [0.5, 0.6) is 11.8 Å². The van der Waals surface area contributed by atoms with E-state index in [4.69, 9.17) is 32.7 Å². The van der Waals surface area contributed by atoms with Gasteiger partial charge in [0.1, 0.15) is 16.8 Å². The first kappa shape index (κ1) is 22.4. The molecule has 5 nitrogen and oxygen atoms in total. The molecule has 166 valence electrons. The van der Waals surface area contributed by atoms with Gasteiger partial charge in [-0.3, -0.25) is 4.79 Å². The van der Waals surface area contributed by atoms with Crippen molar-refractivity contribution in [3.63, 3.8) is 0 Å². The number of aromatic nitrogens is 2. The quantitative estimate of drug-likeness (QED) is 0.312. The van der Waals surface area contributed by atoms with Crippen LogP contribution in [0.2, 0.25) is 10.2 Å². The van der Waals surface area contributed by atoms with Gasteiger partial charge in [-0.2, -0.15) is 18.2 Å². The minimum atomic E-state index is -4.77. The van der Waals surface area contributed by atoms with Crippen molar-refractivity contribution >= 4 is 29.5 Å². The van der Waals surface area contributed by atoms with Crippen molar-refractivity contribution in [2.24, 2.45) is 0 Å². The minimum Gasteiger partial charge on any atom is -0.480 e. The second-order valence-corrected chi connectivity index (χ2v) is 7.77. The summed E-state index contributed by atoms with van der Waals surface area (Å²) in [4.78, 5) is 18.9. The van der Waals surface area contributed by atoms with Crippen LogP contribution < -0.4 is 9.47 Å². The number of aldehydes is 1. The maximum absolute atomic E-state index is 13.6. The Kier molecular flexibility index (Phi) is 6.01. The number of methoxy groups -OCH3 is 1. The molecule has 0 bridgehead atoms. The summed E-state index contributed by atoms with van der Waals surface area (Å²) in [5, 5.41) is 0.455. The number of halogens is 5.